The van der Waals surface area contributed by atoms with E-state index in [4.69, 9.17) is 27.8 Å². The number of fused-ring (bicyclic) bond motifs is 2. The zero-order valence-corrected chi connectivity index (χ0v) is 16.3. The van der Waals surface area contributed by atoms with Crippen molar-refractivity contribution in [2.75, 3.05) is 12.3 Å². The third-order valence-corrected chi connectivity index (χ3v) is 5.55. The Hall–Kier alpha value is -3.10. The summed E-state index contributed by atoms with van der Waals surface area (Å²) in [5.74, 6) is -0.412. The number of carbonyl (C=O) groups excluding carboxylic acids is 1. The standard InChI is InChI=1S/C20H19ClN6O2/c21-11-8-12-17(19(23)28)18(22)26(20(12)24-9-11)14-4-3-5-15-13(14)10-25-27(15)16-6-1-2-7-29-16/h3-5,8-10,16H,1-2,6-7,22H2,(H2,23,28). The van der Waals surface area contributed by atoms with E-state index in [1.807, 2.05) is 22.9 Å². The van der Waals surface area contributed by atoms with Gasteiger partial charge in [-0.05, 0) is 37.5 Å². The van der Waals surface area contributed by atoms with Gasteiger partial charge in [-0.25, -0.2) is 9.67 Å². The fourth-order valence-electron chi connectivity index (χ4n) is 4.06. The molecule has 0 radical (unpaired) electrons. The van der Waals surface area contributed by atoms with Crippen LogP contribution in [0.15, 0.2) is 36.7 Å². The third-order valence-electron chi connectivity index (χ3n) is 5.35. The Bertz CT molecular complexity index is 1260. The van der Waals surface area contributed by atoms with Gasteiger partial charge in [0.15, 0.2) is 6.23 Å². The molecule has 1 atom stereocenters. The summed E-state index contributed by atoms with van der Waals surface area (Å²) < 4.78 is 9.53. The van der Waals surface area contributed by atoms with Crippen molar-refractivity contribution in [3.05, 3.63) is 47.2 Å². The number of pyridine rings is 1. The second-order valence-corrected chi connectivity index (χ2v) is 7.54. The summed E-state index contributed by atoms with van der Waals surface area (Å²) in [5, 5.41) is 6.37. The van der Waals surface area contributed by atoms with E-state index >= 15 is 0 Å². The minimum Gasteiger partial charge on any atom is -0.384 e. The lowest BCUT2D eigenvalue weighted by atomic mass is 10.1. The van der Waals surface area contributed by atoms with Crippen molar-refractivity contribution >= 4 is 45.3 Å². The lowest BCUT2D eigenvalue weighted by Gasteiger charge is -2.23. The predicted molar refractivity (Wildman–Crippen MR) is 111 cm³/mol. The van der Waals surface area contributed by atoms with Crippen LogP contribution in [0.2, 0.25) is 5.02 Å². The number of carbonyl (C=O) groups is 1. The van der Waals surface area contributed by atoms with Gasteiger partial charge >= 0.3 is 0 Å². The molecule has 5 rings (SSSR count). The number of nitrogen functional groups attached to an aromatic ring is 1. The number of anilines is 1. The van der Waals surface area contributed by atoms with Crippen molar-refractivity contribution in [1.82, 2.24) is 19.3 Å². The smallest absolute Gasteiger partial charge is 0.253 e. The Labute approximate surface area is 171 Å². The number of rotatable bonds is 3. The lowest BCUT2D eigenvalue weighted by molar-refractivity contribution is -0.0366. The van der Waals surface area contributed by atoms with Crippen LogP contribution in [0.1, 0.15) is 35.8 Å². The number of ether oxygens (including phenoxy) is 1. The molecule has 29 heavy (non-hydrogen) atoms. The highest BCUT2D eigenvalue weighted by molar-refractivity contribution is 6.31. The van der Waals surface area contributed by atoms with Crippen molar-refractivity contribution in [1.29, 1.82) is 0 Å². The van der Waals surface area contributed by atoms with Crippen molar-refractivity contribution in [3.63, 3.8) is 0 Å². The van der Waals surface area contributed by atoms with Gasteiger partial charge in [-0.3, -0.25) is 9.36 Å². The zero-order chi connectivity index (χ0) is 20.1. The molecule has 1 saturated heterocycles. The molecular formula is C20H19ClN6O2. The maximum atomic E-state index is 12.1. The summed E-state index contributed by atoms with van der Waals surface area (Å²) in [4.78, 5) is 16.5. The van der Waals surface area contributed by atoms with Gasteiger partial charge in [0.25, 0.3) is 5.91 Å². The molecular weight excluding hydrogens is 392 g/mol. The van der Waals surface area contributed by atoms with E-state index in [0.29, 0.717) is 16.1 Å². The monoisotopic (exact) mass is 410 g/mol. The number of halogens is 1. The summed E-state index contributed by atoms with van der Waals surface area (Å²) in [6.07, 6.45) is 6.30. The maximum absolute atomic E-state index is 12.1. The lowest BCUT2D eigenvalue weighted by Crippen LogP contribution is -2.18. The summed E-state index contributed by atoms with van der Waals surface area (Å²) >= 11 is 6.10. The summed E-state index contributed by atoms with van der Waals surface area (Å²) in [5.41, 5.74) is 14.4. The molecule has 1 aliphatic heterocycles. The van der Waals surface area contributed by atoms with E-state index in [1.165, 1.54) is 6.20 Å². The molecule has 4 N–H and O–H groups in total. The molecule has 1 aliphatic rings. The molecule has 0 spiro atoms. The molecule has 1 unspecified atom stereocenters. The van der Waals surface area contributed by atoms with Gasteiger partial charge in [-0.1, -0.05) is 17.7 Å². The fourth-order valence-corrected chi connectivity index (χ4v) is 4.22. The highest BCUT2D eigenvalue weighted by atomic mass is 35.5. The maximum Gasteiger partial charge on any atom is 0.253 e. The quantitative estimate of drug-likeness (QED) is 0.537. The molecule has 1 aromatic carbocycles. The van der Waals surface area contributed by atoms with Gasteiger partial charge in [-0.2, -0.15) is 5.10 Å². The van der Waals surface area contributed by atoms with E-state index in [2.05, 4.69) is 10.1 Å². The predicted octanol–water partition coefficient (Wildman–Crippen LogP) is 3.41. The average molecular weight is 411 g/mol. The molecule has 0 saturated carbocycles. The normalized spacial score (nSPS) is 17.2. The summed E-state index contributed by atoms with van der Waals surface area (Å²) in [6.45, 7) is 0.730. The van der Waals surface area contributed by atoms with Crippen LogP contribution in [0.25, 0.3) is 27.6 Å². The summed E-state index contributed by atoms with van der Waals surface area (Å²) in [7, 11) is 0. The van der Waals surface area contributed by atoms with Crippen LogP contribution in [0.3, 0.4) is 0 Å². The average Bonchev–Trinajstić information content (AvgIpc) is 3.26. The summed E-state index contributed by atoms with van der Waals surface area (Å²) in [6, 6.07) is 7.47. The van der Waals surface area contributed by atoms with Crippen molar-refractivity contribution in [2.24, 2.45) is 5.73 Å². The van der Waals surface area contributed by atoms with Gasteiger partial charge in [-0.15, -0.1) is 0 Å². The van der Waals surface area contributed by atoms with Gasteiger partial charge in [0.1, 0.15) is 11.5 Å². The van der Waals surface area contributed by atoms with Crippen LogP contribution in [0.4, 0.5) is 5.82 Å². The van der Waals surface area contributed by atoms with Crippen LogP contribution in [-0.4, -0.2) is 31.8 Å². The van der Waals surface area contributed by atoms with Gasteiger partial charge in [0.05, 0.1) is 28.0 Å². The van der Waals surface area contributed by atoms with Crippen molar-refractivity contribution in [2.45, 2.75) is 25.5 Å². The Morgan fingerprint density at radius 1 is 1.24 bits per heavy atom. The molecule has 4 aromatic rings. The molecule has 8 nitrogen and oxygen atoms in total. The van der Waals surface area contributed by atoms with E-state index in [9.17, 15) is 4.79 Å². The number of hydrogen-bond donors (Lipinski definition) is 2. The molecule has 1 fully saturated rings. The van der Waals surface area contributed by atoms with Crippen molar-refractivity contribution < 1.29 is 9.53 Å². The first-order valence-electron chi connectivity index (χ1n) is 9.39. The van der Waals surface area contributed by atoms with Crippen LogP contribution in [-0.2, 0) is 4.74 Å². The minimum absolute atomic E-state index is 0.0895. The van der Waals surface area contributed by atoms with E-state index in [0.717, 1.165) is 42.5 Å². The Kier molecular flexibility index (Phi) is 4.18. The van der Waals surface area contributed by atoms with Crippen LogP contribution in [0.5, 0.6) is 0 Å². The third kappa shape index (κ3) is 2.75. The second-order valence-electron chi connectivity index (χ2n) is 7.10. The van der Waals surface area contributed by atoms with Crippen LogP contribution >= 0.6 is 11.6 Å². The second kappa shape index (κ2) is 6.75. The number of nitrogens with zero attached hydrogens (tertiary/aromatic N) is 4. The molecule has 148 valence electrons. The minimum atomic E-state index is -0.631. The molecule has 4 heterocycles. The number of amides is 1. The first-order valence-corrected chi connectivity index (χ1v) is 9.77. The molecule has 0 aliphatic carbocycles. The van der Waals surface area contributed by atoms with Crippen LogP contribution in [0, 0.1) is 0 Å². The number of nitrogens with two attached hydrogens (primary N) is 2. The first kappa shape index (κ1) is 18.0. The number of aromatic nitrogens is 4. The van der Waals surface area contributed by atoms with Crippen molar-refractivity contribution in [3.8, 4) is 5.69 Å². The number of hydrogen-bond acceptors (Lipinski definition) is 5. The van der Waals surface area contributed by atoms with E-state index in [-0.39, 0.29) is 17.6 Å². The Morgan fingerprint density at radius 2 is 2.10 bits per heavy atom. The SMILES string of the molecule is NC(=O)c1c(N)n(-c2cccc3c2cnn3C2CCCCO2)c2ncc(Cl)cc12. The number of primary amides is 1. The Balaban J connectivity index is 1.77. The fraction of sp³-hybridized carbons (Fsp3) is 0.250. The van der Waals surface area contributed by atoms with Crippen LogP contribution < -0.4 is 11.5 Å². The van der Waals surface area contributed by atoms with Gasteiger partial charge < -0.3 is 16.2 Å². The molecule has 0 bridgehead atoms. The molecule has 3 aromatic heterocycles. The van der Waals surface area contributed by atoms with E-state index in [1.54, 1.807) is 16.8 Å². The largest absolute Gasteiger partial charge is 0.384 e. The van der Waals surface area contributed by atoms with E-state index < -0.39 is 5.91 Å². The van der Waals surface area contributed by atoms with Gasteiger partial charge in [0.2, 0.25) is 0 Å². The highest BCUT2D eigenvalue weighted by Gasteiger charge is 2.24. The first-order chi connectivity index (χ1) is 14.1. The molecule has 9 heteroatoms. The zero-order valence-electron chi connectivity index (χ0n) is 15.5. The number of benzene rings is 1. The topological polar surface area (TPSA) is 114 Å². The molecule has 1 amide bonds. The Morgan fingerprint density at radius 3 is 2.86 bits per heavy atom. The highest BCUT2D eigenvalue weighted by Crippen LogP contribution is 2.35. The van der Waals surface area contributed by atoms with Gasteiger partial charge in [0, 0.05) is 23.6 Å².